The molecule has 0 saturated carbocycles. The van der Waals surface area contributed by atoms with Gasteiger partial charge >= 0.3 is 11.7 Å². The van der Waals surface area contributed by atoms with Crippen molar-refractivity contribution < 1.29 is 5.11 Å². The van der Waals surface area contributed by atoms with Crippen LogP contribution < -0.4 is 10.4 Å². The van der Waals surface area contributed by atoms with E-state index in [0.29, 0.717) is 35.4 Å². The van der Waals surface area contributed by atoms with Gasteiger partial charge in [0.05, 0.1) is 12.1 Å². The summed E-state index contributed by atoms with van der Waals surface area (Å²) in [6.45, 7) is 4.09. The summed E-state index contributed by atoms with van der Waals surface area (Å²) in [6.07, 6.45) is 4.19. The Kier molecular flexibility index (Phi) is 6.56. The van der Waals surface area contributed by atoms with Gasteiger partial charge in [0.15, 0.2) is 0 Å². The van der Waals surface area contributed by atoms with E-state index in [-0.39, 0.29) is 18.1 Å². The van der Waals surface area contributed by atoms with Crippen molar-refractivity contribution in [3.05, 3.63) is 69.7 Å². The number of aliphatic hydroxyl groups is 1. The van der Waals surface area contributed by atoms with Crippen LogP contribution >= 0.6 is 23.2 Å². The van der Waals surface area contributed by atoms with Crippen molar-refractivity contribution in [2.45, 2.75) is 49.9 Å². The van der Waals surface area contributed by atoms with Gasteiger partial charge in [-0.3, -0.25) is 4.90 Å². The number of fused-ring (bicyclic) bond motifs is 2. The summed E-state index contributed by atoms with van der Waals surface area (Å²) in [4.78, 5) is 9.26. The maximum Gasteiger partial charge on any atom is 0.425 e. The van der Waals surface area contributed by atoms with Crippen molar-refractivity contribution in [3.63, 3.8) is 0 Å². The Morgan fingerprint density at radius 1 is 1.15 bits per heavy atom. The number of rotatable bonds is 7. The second-order valence-corrected chi connectivity index (χ2v) is 10.0. The average Bonchev–Trinajstić information content (AvgIpc) is 3.55. The van der Waals surface area contributed by atoms with Crippen molar-refractivity contribution in [1.82, 2.24) is 14.5 Å². The van der Waals surface area contributed by atoms with Crippen molar-refractivity contribution in [1.29, 1.82) is 0 Å². The van der Waals surface area contributed by atoms with Crippen LogP contribution in [0.1, 0.15) is 43.4 Å². The topological polar surface area (TPSA) is 79.2 Å². The molecule has 0 aliphatic carbocycles. The van der Waals surface area contributed by atoms with Crippen LogP contribution in [0.4, 0.5) is 0 Å². The lowest BCUT2D eigenvalue weighted by Crippen LogP contribution is -2.50. The molecule has 0 radical (unpaired) electrons. The van der Waals surface area contributed by atoms with Crippen molar-refractivity contribution in [3.8, 4) is 0 Å². The maximum absolute atomic E-state index is 12.0. The van der Waals surface area contributed by atoms with Gasteiger partial charge < -0.3 is 15.7 Å². The molecule has 3 heterocycles. The van der Waals surface area contributed by atoms with Crippen LogP contribution in [0.2, 0.25) is 10.0 Å². The van der Waals surface area contributed by atoms with Crippen LogP contribution in [0.3, 0.4) is 0 Å². The largest absolute Gasteiger partial charge is 0.425 e. The summed E-state index contributed by atoms with van der Waals surface area (Å²) in [5.41, 5.74) is 6.61. The van der Waals surface area contributed by atoms with Crippen LogP contribution in [0, 0.1) is 0 Å². The van der Waals surface area contributed by atoms with E-state index in [9.17, 15) is 5.11 Å². The molecule has 0 amide bonds. The molecule has 2 saturated heterocycles. The van der Waals surface area contributed by atoms with Gasteiger partial charge in [0.2, 0.25) is 5.60 Å². The van der Waals surface area contributed by atoms with Gasteiger partial charge in [0, 0.05) is 42.1 Å². The summed E-state index contributed by atoms with van der Waals surface area (Å²) < 4.78 is 4.59. The van der Waals surface area contributed by atoms with E-state index in [2.05, 4.69) is 33.5 Å². The number of amidine groups is 2. The van der Waals surface area contributed by atoms with E-state index in [1.807, 2.05) is 36.4 Å². The van der Waals surface area contributed by atoms with Gasteiger partial charge in [-0.25, -0.2) is 4.67 Å². The molecule has 2 aromatic rings. The van der Waals surface area contributed by atoms with E-state index >= 15 is 0 Å². The predicted molar refractivity (Wildman–Crippen MR) is 140 cm³/mol. The fraction of sp³-hybridized carbons (Fsp3) is 0.423. The molecule has 3 atom stereocenters. The SMILES string of the molecule is CCN(CCN)C1=NC(C2(O)CC3CCC2N3C(c2ccccc2Cl)c2ccccc2Cl)=[N+]=C1. The van der Waals surface area contributed by atoms with Crippen molar-refractivity contribution in [2.75, 3.05) is 19.6 Å². The van der Waals surface area contributed by atoms with Gasteiger partial charge in [-0.1, -0.05) is 59.6 Å². The van der Waals surface area contributed by atoms with Crippen LogP contribution in [-0.4, -0.2) is 70.1 Å². The van der Waals surface area contributed by atoms with Crippen LogP contribution in [0.15, 0.2) is 53.5 Å². The van der Waals surface area contributed by atoms with Crippen LogP contribution in [-0.2, 0) is 0 Å². The molecule has 3 N–H and O–H groups in total. The minimum atomic E-state index is -1.13. The molecular weight excluding hydrogens is 469 g/mol. The maximum atomic E-state index is 12.0. The molecular formula is C26H30Cl2N5O+. The average molecular weight is 499 g/mol. The molecule has 6 nitrogen and oxygen atoms in total. The summed E-state index contributed by atoms with van der Waals surface area (Å²) in [6, 6.07) is 15.6. The highest BCUT2D eigenvalue weighted by Gasteiger charge is 2.64. The highest BCUT2D eigenvalue weighted by molar-refractivity contribution is 6.35. The molecule has 3 unspecified atom stereocenters. The molecule has 3 aliphatic heterocycles. The van der Waals surface area contributed by atoms with Gasteiger partial charge in [0.1, 0.15) is 0 Å². The first kappa shape index (κ1) is 23.6. The zero-order valence-electron chi connectivity index (χ0n) is 19.2. The lowest BCUT2D eigenvalue weighted by atomic mass is 9.83. The number of hydrogen-bond donors (Lipinski definition) is 2. The van der Waals surface area contributed by atoms with E-state index in [1.165, 1.54) is 0 Å². The van der Waals surface area contributed by atoms with Crippen LogP contribution in [0.25, 0.3) is 0 Å². The number of nitrogens with two attached hydrogens (primary N) is 1. The number of hydrogen-bond acceptors (Lipinski definition) is 5. The predicted octanol–water partition coefficient (Wildman–Crippen LogP) is 3.28. The molecule has 2 aromatic carbocycles. The third-order valence-electron chi connectivity index (χ3n) is 7.37. The Bertz CT molecular complexity index is 1130. The van der Waals surface area contributed by atoms with E-state index in [4.69, 9.17) is 33.9 Å². The first-order chi connectivity index (χ1) is 16.5. The Morgan fingerprint density at radius 2 is 1.79 bits per heavy atom. The number of nitrogens with zero attached hydrogens (tertiary/aromatic N) is 4. The van der Waals surface area contributed by atoms with Crippen molar-refractivity contribution >= 4 is 41.1 Å². The monoisotopic (exact) mass is 498 g/mol. The lowest BCUT2D eigenvalue weighted by Gasteiger charge is -2.35. The molecule has 3 aliphatic rings. The fourth-order valence-corrected chi connectivity index (χ4v) is 6.32. The Balaban J connectivity index is 1.54. The minimum Gasteiger partial charge on any atom is -0.375 e. The van der Waals surface area contributed by atoms with Crippen LogP contribution in [0.5, 0.6) is 0 Å². The van der Waals surface area contributed by atoms with Gasteiger partial charge in [0.25, 0.3) is 6.21 Å². The molecule has 34 heavy (non-hydrogen) atoms. The van der Waals surface area contributed by atoms with E-state index in [1.54, 1.807) is 6.21 Å². The van der Waals surface area contributed by atoms with Gasteiger partial charge in [-0.05, 0) is 48.0 Å². The molecule has 0 spiro atoms. The first-order valence-corrected chi connectivity index (χ1v) is 12.7. The van der Waals surface area contributed by atoms with E-state index < -0.39 is 5.60 Å². The minimum absolute atomic E-state index is 0.144. The third-order valence-corrected chi connectivity index (χ3v) is 8.05. The number of aliphatic imine (C=N–C) groups is 1. The first-order valence-electron chi connectivity index (χ1n) is 11.9. The lowest BCUT2D eigenvalue weighted by molar-refractivity contribution is 0.0581. The summed E-state index contributed by atoms with van der Waals surface area (Å²) in [7, 11) is 0. The third kappa shape index (κ3) is 3.89. The molecule has 178 valence electrons. The smallest absolute Gasteiger partial charge is 0.375 e. The second-order valence-electron chi connectivity index (χ2n) is 9.19. The Morgan fingerprint density at radius 3 is 2.38 bits per heavy atom. The molecule has 2 bridgehead atoms. The molecule has 2 fully saturated rings. The quantitative estimate of drug-likeness (QED) is 0.574. The van der Waals surface area contributed by atoms with Crippen molar-refractivity contribution in [2.24, 2.45) is 10.7 Å². The molecule has 5 rings (SSSR count). The summed E-state index contributed by atoms with van der Waals surface area (Å²) in [5.74, 6) is 1.26. The highest BCUT2D eigenvalue weighted by atomic mass is 35.5. The zero-order valence-corrected chi connectivity index (χ0v) is 20.8. The van der Waals surface area contributed by atoms with Gasteiger partial charge in [-0.2, -0.15) is 0 Å². The fourth-order valence-electron chi connectivity index (χ4n) is 5.84. The highest BCUT2D eigenvalue weighted by Crippen LogP contribution is 2.52. The zero-order chi connectivity index (χ0) is 23.9. The Labute approximate surface area is 210 Å². The number of benzene rings is 2. The Hall–Kier alpha value is -2.18. The number of halogens is 2. The normalized spacial score (nSPS) is 25.8. The molecule has 8 heteroatoms. The number of likely N-dealkylation sites (N-methyl/N-ethyl adjacent to an activating group) is 1. The standard InChI is InChI=1S/C26H30Cl2N5O/c1-2-32(14-13-29)23-16-30-25(31-23)26(34)15-17-11-12-22(26)33(17)24(18-7-3-5-9-20(18)27)19-8-4-6-10-21(19)28/h3-10,16-17,22,24,34H,2,11-15,29H2,1H3/q+1. The van der Waals surface area contributed by atoms with E-state index in [0.717, 1.165) is 36.3 Å². The molecule has 0 aromatic heterocycles. The summed E-state index contributed by atoms with van der Waals surface area (Å²) in [5, 5.41) is 13.4. The van der Waals surface area contributed by atoms with Gasteiger partial charge in [-0.15, -0.1) is 0 Å². The summed E-state index contributed by atoms with van der Waals surface area (Å²) >= 11 is 13.4. The second kappa shape index (κ2) is 9.46.